The van der Waals surface area contributed by atoms with Crippen LogP contribution in [0.4, 0.5) is 0 Å². The van der Waals surface area contributed by atoms with Crippen LogP contribution in [0.1, 0.15) is 10.4 Å². The molecule has 5 heteroatoms. The van der Waals surface area contributed by atoms with Gasteiger partial charge in [-0.1, -0.05) is 12.1 Å². The van der Waals surface area contributed by atoms with Crippen molar-refractivity contribution in [2.45, 2.75) is 0 Å². The lowest BCUT2D eigenvalue weighted by Crippen LogP contribution is -2.26. The molecule has 0 fully saturated rings. The van der Waals surface area contributed by atoms with Crippen molar-refractivity contribution in [1.29, 1.82) is 0 Å². The van der Waals surface area contributed by atoms with E-state index in [1.54, 1.807) is 42.6 Å². The van der Waals surface area contributed by atoms with Crippen LogP contribution < -0.4 is 10.1 Å². The van der Waals surface area contributed by atoms with Gasteiger partial charge in [-0.05, 0) is 24.3 Å². The zero-order valence-corrected chi connectivity index (χ0v) is 10.2. The fourth-order valence-electron chi connectivity index (χ4n) is 1.50. The number of carbonyl (C=O) groups excluding carboxylic acids is 1. The highest BCUT2D eigenvalue weighted by Gasteiger charge is 2.06. The minimum absolute atomic E-state index is 0.0874. The van der Waals surface area contributed by atoms with E-state index in [9.17, 15) is 4.79 Å². The molecule has 1 heterocycles. The van der Waals surface area contributed by atoms with Crippen molar-refractivity contribution in [2.24, 2.45) is 0 Å². The van der Waals surface area contributed by atoms with Gasteiger partial charge in [0, 0.05) is 24.4 Å². The SMILES string of the molecule is O=C(NCCO)c1cccc(Oc2ccccn2)c1. The first-order valence-electron chi connectivity index (χ1n) is 5.87. The van der Waals surface area contributed by atoms with E-state index in [4.69, 9.17) is 9.84 Å². The molecule has 0 saturated heterocycles. The summed E-state index contributed by atoms with van der Waals surface area (Å²) in [6, 6.07) is 12.1. The van der Waals surface area contributed by atoms with Crippen molar-refractivity contribution in [1.82, 2.24) is 10.3 Å². The van der Waals surface area contributed by atoms with Gasteiger partial charge in [-0.25, -0.2) is 4.98 Å². The molecule has 0 aliphatic carbocycles. The van der Waals surface area contributed by atoms with Gasteiger partial charge in [0.15, 0.2) is 0 Å². The molecule has 0 spiro atoms. The molecule has 1 amide bonds. The Morgan fingerprint density at radius 1 is 1.26 bits per heavy atom. The molecule has 0 bridgehead atoms. The first-order chi connectivity index (χ1) is 9.29. The maximum absolute atomic E-state index is 11.7. The fourth-order valence-corrected chi connectivity index (χ4v) is 1.50. The third kappa shape index (κ3) is 3.79. The van der Waals surface area contributed by atoms with Gasteiger partial charge in [0.2, 0.25) is 5.88 Å². The van der Waals surface area contributed by atoms with E-state index >= 15 is 0 Å². The first kappa shape index (κ1) is 13.0. The second kappa shape index (κ2) is 6.51. The lowest BCUT2D eigenvalue weighted by atomic mass is 10.2. The number of ether oxygens (including phenoxy) is 1. The van der Waals surface area contributed by atoms with Crippen LogP contribution in [0.25, 0.3) is 0 Å². The highest BCUT2D eigenvalue weighted by atomic mass is 16.5. The predicted molar refractivity (Wildman–Crippen MR) is 70.2 cm³/mol. The average Bonchev–Trinajstić information content (AvgIpc) is 2.46. The number of hydrogen-bond acceptors (Lipinski definition) is 4. The van der Waals surface area contributed by atoms with Gasteiger partial charge in [-0.2, -0.15) is 0 Å². The Morgan fingerprint density at radius 3 is 2.89 bits per heavy atom. The monoisotopic (exact) mass is 258 g/mol. The highest BCUT2D eigenvalue weighted by Crippen LogP contribution is 2.19. The average molecular weight is 258 g/mol. The largest absolute Gasteiger partial charge is 0.439 e. The maximum atomic E-state index is 11.7. The van der Waals surface area contributed by atoms with E-state index in [1.165, 1.54) is 0 Å². The molecule has 0 aliphatic rings. The normalized spacial score (nSPS) is 9.95. The third-order valence-corrected chi connectivity index (χ3v) is 2.35. The minimum atomic E-state index is -0.250. The van der Waals surface area contributed by atoms with Crippen molar-refractivity contribution >= 4 is 5.91 Å². The number of nitrogens with zero attached hydrogens (tertiary/aromatic N) is 1. The summed E-state index contributed by atoms with van der Waals surface area (Å²) in [4.78, 5) is 15.8. The van der Waals surface area contributed by atoms with Gasteiger partial charge >= 0.3 is 0 Å². The van der Waals surface area contributed by atoms with Crippen molar-refractivity contribution in [3.05, 3.63) is 54.2 Å². The molecule has 2 N–H and O–H groups in total. The van der Waals surface area contributed by atoms with Crippen LogP contribution in [0, 0.1) is 0 Å². The molecule has 0 radical (unpaired) electrons. The van der Waals surface area contributed by atoms with Gasteiger partial charge in [0.05, 0.1) is 6.61 Å². The predicted octanol–water partition coefficient (Wildman–Crippen LogP) is 1.60. The summed E-state index contributed by atoms with van der Waals surface area (Å²) in [6.07, 6.45) is 1.63. The smallest absolute Gasteiger partial charge is 0.251 e. The van der Waals surface area contributed by atoms with Crippen LogP contribution in [0.15, 0.2) is 48.7 Å². The lowest BCUT2D eigenvalue weighted by Gasteiger charge is -2.07. The Morgan fingerprint density at radius 2 is 2.16 bits per heavy atom. The molecular formula is C14H14N2O3. The van der Waals surface area contributed by atoms with Gasteiger partial charge < -0.3 is 15.2 Å². The summed E-state index contributed by atoms with van der Waals surface area (Å²) in [7, 11) is 0. The van der Waals surface area contributed by atoms with E-state index in [0.29, 0.717) is 17.2 Å². The quantitative estimate of drug-likeness (QED) is 0.854. The zero-order valence-electron chi connectivity index (χ0n) is 10.2. The van der Waals surface area contributed by atoms with E-state index in [2.05, 4.69) is 10.3 Å². The molecule has 0 unspecified atom stereocenters. The minimum Gasteiger partial charge on any atom is -0.439 e. The number of rotatable bonds is 5. The molecule has 1 aromatic heterocycles. The summed E-state index contributed by atoms with van der Waals surface area (Å²) in [6.45, 7) is 0.139. The summed E-state index contributed by atoms with van der Waals surface area (Å²) >= 11 is 0. The zero-order chi connectivity index (χ0) is 13.5. The number of pyridine rings is 1. The van der Waals surface area contributed by atoms with Crippen LogP contribution in [0.5, 0.6) is 11.6 Å². The van der Waals surface area contributed by atoms with Crippen LogP contribution in [-0.4, -0.2) is 29.1 Å². The summed E-state index contributed by atoms with van der Waals surface area (Å²) in [5, 5.41) is 11.2. The third-order valence-electron chi connectivity index (χ3n) is 2.35. The van der Waals surface area contributed by atoms with Crippen LogP contribution in [-0.2, 0) is 0 Å². The number of hydrogen-bond donors (Lipinski definition) is 2. The number of nitrogens with one attached hydrogen (secondary N) is 1. The molecule has 0 saturated carbocycles. The molecule has 0 aliphatic heterocycles. The molecule has 19 heavy (non-hydrogen) atoms. The Bertz CT molecular complexity index is 543. The topological polar surface area (TPSA) is 71.5 Å². The fraction of sp³-hybridized carbons (Fsp3) is 0.143. The number of amides is 1. The van der Waals surface area contributed by atoms with Crippen molar-refractivity contribution in [2.75, 3.05) is 13.2 Å². The first-order valence-corrected chi connectivity index (χ1v) is 5.87. The molecule has 98 valence electrons. The summed E-state index contributed by atoms with van der Waals surface area (Å²) in [5.41, 5.74) is 0.474. The molecule has 5 nitrogen and oxygen atoms in total. The van der Waals surface area contributed by atoms with E-state index in [0.717, 1.165) is 0 Å². The van der Waals surface area contributed by atoms with Gasteiger partial charge in [-0.3, -0.25) is 4.79 Å². The second-order valence-corrected chi connectivity index (χ2v) is 3.78. The second-order valence-electron chi connectivity index (χ2n) is 3.78. The summed E-state index contributed by atoms with van der Waals surface area (Å²) in [5.74, 6) is 0.756. The highest BCUT2D eigenvalue weighted by molar-refractivity contribution is 5.94. The van der Waals surface area contributed by atoms with Crippen LogP contribution >= 0.6 is 0 Å². The number of benzene rings is 1. The number of aliphatic hydroxyl groups excluding tert-OH is 1. The van der Waals surface area contributed by atoms with Gasteiger partial charge in [0.25, 0.3) is 5.91 Å². The van der Waals surface area contributed by atoms with Gasteiger partial charge in [-0.15, -0.1) is 0 Å². The summed E-state index contributed by atoms with van der Waals surface area (Å²) < 4.78 is 5.53. The van der Waals surface area contributed by atoms with Crippen LogP contribution in [0.2, 0.25) is 0 Å². The van der Waals surface area contributed by atoms with E-state index in [-0.39, 0.29) is 19.1 Å². The van der Waals surface area contributed by atoms with Crippen molar-refractivity contribution in [3.63, 3.8) is 0 Å². The Kier molecular flexibility index (Phi) is 4.47. The molecular weight excluding hydrogens is 244 g/mol. The number of aliphatic hydroxyl groups is 1. The number of aromatic nitrogens is 1. The Hall–Kier alpha value is -2.40. The molecule has 0 atom stereocenters. The van der Waals surface area contributed by atoms with E-state index in [1.807, 2.05) is 6.07 Å². The van der Waals surface area contributed by atoms with Gasteiger partial charge in [0.1, 0.15) is 5.75 Å². The van der Waals surface area contributed by atoms with Crippen molar-refractivity contribution in [3.8, 4) is 11.6 Å². The van der Waals surface area contributed by atoms with E-state index < -0.39 is 0 Å². The van der Waals surface area contributed by atoms with Crippen molar-refractivity contribution < 1.29 is 14.6 Å². The molecule has 2 rings (SSSR count). The Labute approximate surface area is 110 Å². The Balaban J connectivity index is 2.09. The standard InChI is InChI=1S/C14H14N2O3/c17-9-8-16-14(18)11-4-3-5-12(10-11)19-13-6-1-2-7-15-13/h1-7,10,17H,8-9H2,(H,16,18). The molecule has 2 aromatic rings. The van der Waals surface area contributed by atoms with Crippen LogP contribution in [0.3, 0.4) is 0 Å². The molecule has 1 aromatic carbocycles. The maximum Gasteiger partial charge on any atom is 0.251 e. The lowest BCUT2D eigenvalue weighted by molar-refractivity contribution is 0.0944. The number of carbonyl (C=O) groups is 1.